The first-order valence-corrected chi connectivity index (χ1v) is 9.71. The number of benzene rings is 2. The van der Waals surface area contributed by atoms with Gasteiger partial charge in [-0.1, -0.05) is 40.9 Å². The smallest absolute Gasteiger partial charge is 0.243 e. The van der Waals surface area contributed by atoms with E-state index in [1.807, 2.05) is 0 Å². The van der Waals surface area contributed by atoms with Crippen LogP contribution in [0.2, 0.25) is 15.1 Å². The number of rotatable bonds is 6. The third-order valence-corrected chi connectivity index (χ3v) is 6.19. The van der Waals surface area contributed by atoms with Crippen molar-refractivity contribution in [3.8, 4) is 0 Å². The van der Waals surface area contributed by atoms with E-state index in [9.17, 15) is 13.2 Å². The second-order valence-corrected chi connectivity index (χ2v) is 8.34. The van der Waals surface area contributed by atoms with Crippen LogP contribution in [0.25, 0.3) is 0 Å². The van der Waals surface area contributed by atoms with E-state index in [-0.39, 0.29) is 18.0 Å². The molecule has 134 valence electrons. The molecule has 0 saturated heterocycles. The van der Waals surface area contributed by atoms with Crippen molar-refractivity contribution in [2.75, 3.05) is 13.6 Å². The van der Waals surface area contributed by atoms with E-state index in [1.165, 1.54) is 31.3 Å². The van der Waals surface area contributed by atoms with Gasteiger partial charge in [0.2, 0.25) is 15.9 Å². The summed E-state index contributed by atoms with van der Waals surface area (Å²) in [5.41, 5.74) is 0.607. The first-order chi connectivity index (χ1) is 11.7. The third-order valence-electron chi connectivity index (χ3n) is 3.39. The minimum Gasteiger partial charge on any atom is -0.358 e. The number of likely N-dealkylation sites (N-methyl/N-ethyl adjacent to an activating group) is 1. The van der Waals surface area contributed by atoms with Gasteiger partial charge in [0.25, 0.3) is 0 Å². The normalized spacial score (nSPS) is 11.6. The molecule has 0 saturated carbocycles. The molecule has 0 atom stereocenters. The van der Waals surface area contributed by atoms with Gasteiger partial charge in [0, 0.05) is 18.6 Å². The number of sulfonamides is 1. The number of hydrogen-bond acceptors (Lipinski definition) is 3. The molecule has 0 unspecified atom stereocenters. The van der Waals surface area contributed by atoms with Gasteiger partial charge >= 0.3 is 0 Å². The van der Waals surface area contributed by atoms with Crippen LogP contribution in [0.5, 0.6) is 0 Å². The lowest BCUT2D eigenvalue weighted by Crippen LogP contribution is -2.39. The maximum Gasteiger partial charge on any atom is 0.243 e. The van der Waals surface area contributed by atoms with Crippen molar-refractivity contribution in [2.45, 2.75) is 11.4 Å². The maximum absolute atomic E-state index is 12.9. The van der Waals surface area contributed by atoms with Crippen molar-refractivity contribution in [3.63, 3.8) is 0 Å². The molecular weight excluding hydrogens is 407 g/mol. The SMILES string of the molecule is CNC(=O)CN(Cc1ccc(Cl)c(Cl)c1)S(=O)(=O)c1ccc(Cl)cc1. The summed E-state index contributed by atoms with van der Waals surface area (Å²) in [6.07, 6.45) is 0. The molecule has 0 spiro atoms. The van der Waals surface area contributed by atoms with Crippen LogP contribution >= 0.6 is 34.8 Å². The van der Waals surface area contributed by atoms with Crippen LogP contribution in [0.1, 0.15) is 5.56 Å². The van der Waals surface area contributed by atoms with Crippen LogP contribution in [-0.2, 0) is 21.4 Å². The molecule has 5 nitrogen and oxygen atoms in total. The lowest BCUT2D eigenvalue weighted by molar-refractivity contribution is -0.120. The van der Waals surface area contributed by atoms with E-state index >= 15 is 0 Å². The second-order valence-electron chi connectivity index (χ2n) is 5.15. The van der Waals surface area contributed by atoms with Gasteiger partial charge in [-0.2, -0.15) is 4.31 Å². The Balaban J connectivity index is 2.38. The summed E-state index contributed by atoms with van der Waals surface area (Å²) >= 11 is 17.7. The Labute approximate surface area is 161 Å². The van der Waals surface area contributed by atoms with Crippen molar-refractivity contribution < 1.29 is 13.2 Å². The lowest BCUT2D eigenvalue weighted by atomic mass is 10.2. The largest absolute Gasteiger partial charge is 0.358 e. The van der Waals surface area contributed by atoms with E-state index in [2.05, 4.69) is 5.32 Å². The van der Waals surface area contributed by atoms with Crippen molar-refractivity contribution in [3.05, 3.63) is 63.1 Å². The Morgan fingerprint density at radius 3 is 2.24 bits per heavy atom. The van der Waals surface area contributed by atoms with Gasteiger partial charge in [-0.25, -0.2) is 8.42 Å². The molecular formula is C16H15Cl3N2O3S. The fourth-order valence-corrected chi connectivity index (χ4v) is 3.89. The highest BCUT2D eigenvalue weighted by Gasteiger charge is 2.26. The summed E-state index contributed by atoms with van der Waals surface area (Å²) < 4.78 is 26.9. The molecule has 0 aliphatic heterocycles. The Kier molecular flexibility index (Phi) is 6.71. The van der Waals surface area contributed by atoms with Gasteiger partial charge in [-0.3, -0.25) is 4.79 Å². The molecule has 0 heterocycles. The minimum atomic E-state index is -3.91. The first kappa shape index (κ1) is 20.0. The Bertz CT molecular complexity index is 871. The van der Waals surface area contributed by atoms with Gasteiger partial charge in [0.15, 0.2) is 0 Å². The van der Waals surface area contributed by atoms with Gasteiger partial charge in [-0.05, 0) is 42.0 Å². The number of halogens is 3. The van der Waals surface area contributed by atoms with E-state index in [4.69, 9.17) is 34.8 Å². The Hall–Kier alpha value is -1.31. The summed E-state index contributed by atoms with van der Waals surface area (Å²) in [5, 5.41) is 3.51. The predicted molar refractivity (Wildman–Crippen MR) is 99.6 cm³/mol. The first-order valence-electron chi connectivity index (χ1n) is 7.14. The van der Waals surface area contributed by atoms with Crippen LogP contribution in [0.15, 0.2) is 47.4 Å². The lowest BCUT2D eigenvalue weighted by Gasteiger charge is -2.22. The summed E-state index contributed by atoms with van der Waals surface area (Å²) in [5.74, 6) is -0.433. The molecule has 2 aromatic rings. The fourth-order valence-electron chi connectivity index (χ4n) is 2.06. The highest BCUT2D eigenvalue weighted by molar-refractivity contribution is 7.89. The zero-order valence-corrected chi connectivity index (χ0v) is 16.3. The van der Waals surface area contributed by atoms with E-state index in [0.717, 1.165) is 4.31 Å². The number of nitrogens with zero attached hydrogens (tertiary/aromatic N) is 1. The quantitative estimate of drug-likeness (QED) is 0.775. The predicted octanol–water partition coefficient (Wildman–Crippen LogP) is 3.58. The molecule has 9 heteroatoms. The standard InChI is InChI=1S/C16H15Cl3N2O3S/c1-20-16(22)10-21(9-11-2-7-14(18)15(19)8-11)25(23,24)13-5-3-12(17)4-6-13/h2-8H,9-10H2,1H3,(H,20,22). The van der Waals surface area contributed by atoms with E-state index < -0.39 is 15.9 Å². The Morgan fingerprint density at radius 1 is 1.04 bits per heavy atom. The highest BCUT2D eigenvalue weighted by atomic mass is 35.5. The van der Waals surface area contributed by atoms with Gasteiger partial charge in [-0.15, -0.1) is 0 Å². The molecule has 0 fully saturated rings. The molecule has 0 aliphatic carbocycles. The average molecular weight is 422 g/mol. The molecule has 0 aliphatic rings. The van der Waals surface area contributed by atoms with Crippen LogP contribution in [-0.4, -0.2) is 32.2 Å². The number of nitrogens with one attached hydrogen (secondary N) is 1. The maximum atomic E-state index is 12.9. The average Bonchev–Trinajstić information content (AvgIpc) is 2.57. The van der Waals surface area contributed by atoms with Crippen LogP contribution in [0.3, 0.4) is 0 Å². The molecule has 1 N–H and O–H groups in total. The topological polar surface area (TPSA) is 66.5 Å². The number of amides is 1. The summed E-state index contributed by atoms with van der Waals surface area (Å²) in [7, 11) is -2.47. The van der Waals surface area contributed by atoms with Crippen molar-refractivity contribution in [1.82, 2.24) is 9.62 Å². The van der Waals surface area contributed by atoms with Crippen molar-refractivity contribution in [2.24, 2.45) is 0 Å². The molecule has 0 bridgehead atoms. The van der Waals surface area contributed by atoms with Crippen molar-refractivity contribution >= 4 is 50.7 Å². The number of hydrogen-bond donors (Lipinski definition) is 1. The molecule has 0 aromatic heterocycles. The minimum absolute atomic E-state index is 0.0325. The van der Waals surface area contributed by atoms with Crippen LogP contribution < -0.4 is 5.32 Å². The monoisotopic (exact) mass is 420 g/mol. The van der Waals surface area contributed by atoms with Crippen LogP contribution in [0.4, 0.5) is 0 Å². The third kappa shape index (κ3) is 5.09. The number of carbonyl (C=O) groups excluding carboxylic acids is 1. The zero-order valence-electron chi connectivity index (χ0n) is 13.2. The molecule has 2 rings (SSSR count). The highest BCUT2D eigenvalue weighted by Crippen LogP contribution is 2.25. The zero-order chi connectivity index (χ0) is 18.6. The van der Waals surface area contributed by atoms with Gasteiger partial charge in [0.05, 0.1) is 21.5 Å². The second kappa shape index (κ2) is 8.38. The summed E-state index contributed by atoms with van der Waals surface area (Å²) in [4.78, 5) is 11.8. The van der Waals surface area contributed by atoms with Crippen LogP contribution in [0, 0.1) is 0 Å². The number of carbonyl (C=O) groups is 1. The van der Waals surface area contributed by atoms with E-state index in [0.29, 0.717) is 20.6 Å². The van der Waals surface area contributed by atoms with Crippen molar-refractivity contribution in [1.29, 1.82) is 0 Å². The molecule has 25 heavy (non-hydrogen) atoms. The summed E-state index contributed by atoms with van der Waals surface area (Å²) in [6, 6.07) is 10.5. The molecule has 0 radical (unpaired) electrons. The Morgan fingerprint density at radius 2 is 1.68 bits per heavy atom. The summed E-state index contributed by atoms with van der Waals surface area (Å²) in [6.45, 7) is -0.364. The van der Waals surface area contributed by atoms with Gasteiger partial charge in [0.1, 0.15) is 0 Å². The fraction of sp³-hybridized carbons (Fsp3) is 0.188. The molecule has 1 amide bonds. The molecule has 2 aromatic carbocycles. The van der Waals surface area contributed by atoms with E-state index in [1.54, 1.807) is 18.2 Å². The van der Waals surface area contributed by atoms with Gasteiger partial charge < -0.3 is 5.32 Å².